The lowest BCUT2D eigenvalue weighted by atomic mass is 10.1. The van der Waals surface area contributed by atoms with Gasteiger partial charge in [0.15, 0.2) is 17.6 Å². The molecule has 2 atom stereocenters. The summed E-state index contributed by atoms with van der Waals surface area (Å²) in [6.07, 6.45) is -1.22. The highest BCUT2D eigenvalue weighted by Crippen LogP contribution is 2.33. The van der Waals surface area contributed by atoms with E-state index in [9.17, 15) is 5.11 Å². The molecule has 0 saturated carbocycles. The van der Waals surface area contributed by atoms with Crippen molar-refractivity contribution in [3.8, 4) is 40.0 Å². The van der Waals surface area contributed by atoms with Crippen LogP contribution in [0.15, 0.2) is 75.7 Å². The molecule has 1 saturated heterocycles. The summed E-state index contributed by atoms with van der Waals surface area (Å²) in [6, 6.07) is 20.4. The highest BCUT2D eigenvalue weighted by Gasteiger charge is 2.29. The fourth-order valence-corrected chi connectivity index (χ4v) is 5.36. The van der Waals surface area contributed by atoms with Crippen LogP contribution in [0.4, 0.5) is 0 Å². The van der Waals surface area contributed by atoms with Crippen molar-refractivity contribution in [1.82, 2.24) is 19.9 Å². The van der Waals surface area contributed by atoms with Crippen molar-refractivity contribution in [3.63, 3.8) is 0 Å². The van der Waals surface area contributed by atoms with Gasteiger partial charge >= 0.3 is 0 Å². The van der Waals surface area contributed by atoms with Gasteiger partial charge in [0.2, 0.25) is 5.89 Å². The molecule has 1 fully saturated rings. The number of nitrogens with zero attached hydrogens (tertiary/aromatic N) is 4. The molecular formula is C32H33ClN4O6. The number of aromatic nitrogens is 2. The third kappa shape index (κ3) is 6.47. The van der Waals surface area contributed by atoms with E-state index in [1.165, 1.54) is 0 Å². The Morgan fingerprint density at radius 3 is 2.42 bits per heavy atom. The highest BCUT2D eigenvalue weighted by molar-refractivity contribution is 6.30. The maximum Gasteiger partial charge on any atom is 0.227 e. The van der Waals surface area contributed by atoms with Gasteiger partial charge in [-0.25, -0.2) is 4.98 Å². The number of ether oxygens (including phenoxy) is 3. The molecule has 0 spiro atoms. The smallest absolute Gasteiger partial charge is 0.227 e. The Hall–Kier alpha value is -4.09. The molecule has 224 valence electrons. The van der Waals surface area contributed by atoms with Crippen molar-refractivity contribution < 1.29 is 28.3 Å². The summed E-state index contributed by atoms with van der Waals surface area (Å²) in [4.78, 5) is 9.08. The van der Waals surface area contributed by atoms with Crippen LogP contribution in [0.2, 0.25) is 5.02 Å². The molecule has 1 aliphatic rings. The number of aliphatic hydroxyl groups is 1. The lowest BCUT2D eigenvalue weighted by Crippen LogP contribution is -2.55. The maximum absolute atomic E-state index is 10.6. The van der Waals surface area contributed by atoms with Crippen LogP contribution in [0.5, 0.6) is 17.2 Å². The number of rotatable bonds is 10. The molecule has 11 heteroatoms. The van der Waals surface area contributed by atoms with Crippen LogP contribution < -0.4 is 14.2 Å². The van der Waals surface area contributed by atoms with Gasteiger partial charge in [0.05, 0.1) is 20.8 Å². The Morgan fingerprint density at radius 2 is 1.70 bits per heavy atom. The number of oxazole rings is 1. The van der Waals surface area contributed by atoms with E-state index < -0.39 is 12.3 Å². The number of benzene rings is 3. The van der Waals surface area contributed by atoms with Gasteiger partial charge in [-0.3, -0.25) is 9.80 Å². The van der Waals surface area contributed by atoms with E-state index in [0.29, 0.717) is 51.5 Å². The van der Waals surface area contributed by atoms with E-state index in [1.807, 2.05) is 54.6 Å². The molecule has 2 aromatic heterocycles. The van der Waals surface area contributed by atoms with Crippen LogP contribution in [0.25, 0.3) is 33.8 Å². The van der Waals surface area contributed by atoms with Crippen LogP contribution in [0, 0.1) is 0 Å². The molecule has 10 nitrogen and oxygen atoms in total. The van der Waals surface area contributed by atoms with Crippen molar-refractivity contribution in [3.05, 3.63) is 77.5 Å². The molecule has 5 aromatic rings. The molecule has 0 aliphatic carbocycles. The number of piperazine rings is 1. The zero-order valence-electron chi connectivity index (χ0n) is 24.2. The molecule has 1 aliphatic heterocycles. The molecule has 0 amide bonds. The Morgan fingerprint density at radius 1 is 0.930 bits per heavy atom. The third-order valence-corrected chi connectivity index (χ3v) is 7.76. The summed E-state index contributed by atoms with van der Waals surface area (Å²) in [5, 5.41) is 15.6. The summed E-state index contributed by atoms with van der Waals surface area (Å²) in [6.45, 7) is 5.36. The van der Waals surface area contributed by atoms with Crippen molar-refractivity contribution in [2.45, 2.75) is 25.8 Å². The minimum absolute atomic E-state index is 0.508. The van der Waals surface area contributed by atoms with Crippen molar-refractivity contribution in [2.75, 3.05) is 40.4 Å². The quantitative estimate of drug-likeness (QED) is 0.213. The van der Waals surface area contributed by atoms with E-state index >= 15 is 0 Å². The topological polar surface area (TPSA) is 106 Å². The van der Waals surface area contributed by atoms with Gasteiger partial charge in [0.25, 0.3) is 0 Å². The van der Waals surface area contributed by atoms with Crippen molar-refractivity contribution in [2.24, 2.45) is 0 Å². The van der Waals surface area contributed by atoms with Gasteiger partial charge in [-0.05, 0) is 55.5 Å². The predicted octanol–water partition coefficient (Wildman–Crippen LogP) is 5.72. The second-order valence-electron chi connectivity index (χ2n) is 10.5. The molecule has 3 aromatic carbocycles. The zero-order valence-corrected chi connectivity index (χ0v) is 25.0. The summed E-state index contributed by atoms with van der Waals surface area (Å²) in [5.74, 6) is 3.27. The minimum Gasteiger partial charge on any atom is -0.497 e. The lowest BCUT2D eigenvalue weighted by molar-refractivity contribution is -0.0756. The van der Waals surface area contributed by atoms with Gasteiger partial charge in [0, 0.05) is 60.5 Å². The minimum atomic E-state index is -0.708. The summed E-state index contributed by atoms with van der Waals surface area (Å²) < 4.78 is 28.7. The molecule has 0 radical (unpaired) electrons. The van der Waals surface area contributed by atoms with Crippen LogP contribution >= 0.6 is 11.6 Å². The largest absolute Gasteiger partial charge is 0.497 e. The van der Waals surface area contributed by atoms with Gasteiger partial charge in [-0.2, -0.15) is 0 Å². The molecule has 1 unspecified atom stereocenters. The second kappa shape index (κ2) is 12.6. The van der Waals surface area contributed by atoms with Gasteiger partial charge < -0.3 is 28.3 Å². The van der Waals surface area contributed by atoms with Crippen LogP contribution in [-0.2, 0) is 6.54 Å². The normalized spacial score (nSPS) is 15.8. The first kappa shape index (κ1) is 29.0. The third-order valence-electron chi connectivity index (χ3n) is 7.51. The summed E-state index contributed by atoms with van der Waals surface area (Å²) in [7, 11) is 3.24. The second-order valence-corrected chi connectivity index (χ2v) is 10.9. The standard InChI is InChI=1S/C32H33ClN4O6/c1-20(38)32(41-24-9-11-29-28(16-24)34-31(42-29)21-4-6-22(33)7-5-21)37-14-12-36(13-15-37)19-25-17-27(35-43-25)26-10-8-23(39-2)18-30(26)40-3/h4-11,16-18,20,32,38H,12-15,19H2,1-3H3/t20-,32?/m1/s1. The van der Waals surface area contributed by atoms with E-state index in [0.717, 1.165) is 43.1 Å². The monoisotopic (exact) mass is 604 g/mol. The fraction of sp³-hybridized carbons (Fsp3) is 0.312. The number of aliphatic hydroxyl groups excluding tert-OH is 1. The molecular weight excluding hydrogens is 572 g/mol. The van der Waals surface area contributed by atoms with E-state index in [4.69, 9.17) is 34.8 Å². The number of hydrogen-bond donors (Lipinski definition) is 1. The average molecular weight is 605 g/mol. The SMILES string of the molecule is COc1ccc(-c2cc(CN3CCN(C(Oc4ccc5oc(-c6ccc(Cl)cc6)nc5c4)[C@@H](C)O)CC3)on2)c(OC)c1. The van der Waals surface area contributed by atoms with Crippen molar-refractivity contribution >= 4 is 22.7 Å². The maximum atomic E-state index is 10.6. The van der Waals surface area contributed by atoms with E-state index in [2.05, 4.69) is 19.9 Å². The predicted molar refractivity (Wildman–Crippen MR) is 162 cm³/mol. The molecule has 3 heterocycles. The lowest BCUT2D eigenvalue weighted by Gasteiger charge is -2.39. The molecule has 0 bridgehead atoms. The van der Waals surface area contributed by atoms with Gasteiger partial charge in [0.1, 0.15) is 34.6 Å². The first-order valence-electron chi connectivity index (χ1n) is 14.1. The van der Waals surface area contributed by atoms with Crippen LogP contribution in [0.1, 0.15) is 12.7 Å². The fourth-order valence-electron chi connectivity index (χ4n) is 5.23. The van der Waals surface area contributed by atoms with E-state index in [1.54, 1.807) is 33.3 Å². The number of hydrogen-bond acceptors (Lipinski definition) is 10. The van der Waals surface area contributed by atoms with E-state index in [-0.39, 0.29) is 0 Å². The van der Waals surface area contributed by atoms with Crippen LogP contribution in [-0.4, -0.2) is 77.8 Å². The number of halogens is 1. The molecule has 6 rings (SSSR count). The van der Waals surface area contributed by atoms with Gasteiger partial charge in [-0.1, -0.05) is 16.8 Å². The Kier molecular flexibility index (Phi) is 8.53. The first-order valence-corrected chi connectivity index (χ1v) is 14.4. The van der Waals surface area contributed by atoms with Crippen molar-refractivity contribution in [1.29, 1.82) is 0 Å². The average Bonchev–Trinajstić information content (AvgIpc) is 3.67. The Bertz CT molecular complexity index is 1680. The first-order chi connectivity index (χ1) is 20.9. The zero-order chi connectivity index (χ0) is 29.9. The van der Waals surface area contributed by atoms with Crippen LogP contribution in [0.3, 0.4) is 0 Å². The van der Waals surface area contributed by atoms with Gasteiger partial charge in [-0.15, -0.1) is 0 Å². The number of methoxy groups -OCH3 is 2. The Labute approximate surface area is 254 Å². The Balaban J connectivity index is 1.08. The summed E-state index contributed by atoms with van der Waals surface area (Å²) >= 11 is 6.01. The summed E-state index contributed by atoms with van der Waals surface area (Å²) in [5.41, 5.74) is 3.71. The molecule has 1 N–H and O–H groups in total. The number of fused-ring (bicyclic) bond motifs is 1. The molecule has 43 heavy (non-hydrogen) atoms. The highest BCUT2D eigenvalue weighted by atomic mass is 35.5.